The van der Waals surface area contributed by atoms with E-state index in [1.54, 1.807) is 6.07 Å². The molecular formula is C14H20FNO2. The van der Waals surface area contributed by atoms with E-state index in [4.69, 9.17) is 9.47 Å². The van der Waals surface area contributed by atoms with Crippen molar-refractivity contribution >= 4 is 5.69 Å². The van der Waals surface area contributed by atoms with Gasteiger partial charge in [-0.3, -0.25) is 0 Å². The fourth-order valence-electron chi connectivity index (χ4n) is 2.03. The Bertz CT molecular complexity index is 353. The van der Waals surface area contributed by atoms with Crippen LogP contribution in [-0.2, 0) is 9.47 Å². The van der Waals surface area contributed by atoms with Gasteiger partial charge in [0.15, 0.2) is 0 Å². The lowest BCUT2D eigenvalue weighted by atomic mass is 10.0. The molecule has 0 bridgehead atoms. The highest BCUT2D eigenvalue weighted by Gasteiger charge is 2.13. The summed E-state index contributed by atoms with van der Waals surface area (Å²) in [5.41, 5.74) is 0.796. The fraction of sp³-hybridized carbons (Fsp3) is 0.571. The minimum absolute atomic E-state index is 0.219. The van der Waals surface area contributed by atoms with Crippen molar-refractivity contribution in [3.63, 3.8) is 0 Å². The van der Waals surface area contributed by atoms with Crippen LogP contribution >= 0.6 is 0 Å². The van der Waals surface area contributed by atoms with Gasteiger partial charge in [0.2, 0.25) is 0 Å². The van der Waals surface area contributed by atoms with Crippen molar-refractivity contribution in [1.82, 2.24) is 0 Å². The molecule has 0 aliphatic carbocycles. The van der Waals surface area contributed by atoms with E-state index < -0.39 is 0 Å². The van der Waals surface area contributed by atoms with Crippen molar-refractivity contribution in [3.8, 4) is 0 Å². The number of hydrogen-bond donors (Lipinski definition) is 1. The van der Waals surface area contributed by atoms with Gasteiger partial charge in [0.1, 0.15) is 5.82 Å². The number of benzene rings is 1. The van der Waals surface area contributed by atoms with Crippen LogP contribution in [-0.4, -0.2) is 33.0 Å². The third-order valence-corrected chi connectivity index (χ3v) is 3.09. The highest BCUT2D eigenvalue weighted by Crippen LogP contribution is 2.14. The number of hydrogen-bond acceptors (Lipinski definition) is 3. The second-order valence-corrected chi connectivity index (χ2v) is 4.57. The SMILES string of the molecule is Fc1cccc(NCCOCC2CCOCC2)c1. The van der Waals surface area contributed by atoms with Crippen LogP contribution in [0.25, 0.3) is 0 Å². The van der Waals surface area contributed by atoms with Crippen LogP contribution in [0.5, 0.6) is 0 Å². The van der Waals surface area contributed by atoms with Crippen LogP contribution in [0.4, 0.5) is 10.1 Å². The van der Waals surface area contributed by atoms with Gasteiger partial charge in [0.25, 0.3) is 0 Å². The molecule has 1 saturated heterocycles. The summed E-state index contributed by atoms with van der Waals surface area (Å²) in [6.45, 7) is 3.86. The molecule has 18 heavy (non-hydrogen) atoms. The second kappa shape index (κ2) is 7.34. The zero-order valence-electron chi connectivity index (χ0n) is 10.5. The van der Waals surface area contributed by atoms with Crippen molar-refractivity contribution in [1.29, 1.82) is 0 Å². The minimum Gasteiger partial charge on any atom is -0.383 e. The Morgan fingerprint density at radius 2 is 2.17 bits per heavy atom. The number of anilines is 1. The molecular weight excluding hydrogens is 233 g/mol. The van der Waals surface area contributed by atoms with Crippen molar-refractivity contribution in [2.75, 3.05) is 38.3 Å². The third kappa shape index (κ3) is 4.63. The Morgan fingerprint density at radius 1 is 1.33 bits per heavy atom. The largest absolute Gasteiger partial charge is 0.383 e. The van der Waals surface area contributed by atoms with Crippen molar-refractivity contribution < 1.29 is 13.9 Å². The van der Waals surface area contributed by atoms with E-state index >= 15 is 0 Å². The summed E-state index contributed by atoms with van der Waals surface area (Å²) < 4.78 is 23.8. The normalized spacial score (nSPS) is 16.7. The molecule has 1 aromatic rings. The van der Waals surface area contributed by atoms with Crippen LogP contribution < -0.4 is 5.32 Å². The van der Waals surface area contributed by atoms with Gasteiger partial charge in [0.05, 0.1) is 6.61 Å². The van der Waals surface area contributed by atoms with E-state index in [0.29, 0.717) is 19.1 Å². The maximum Gasteiger partial charge on any atom is 0.125 e. The second-order valence-electron chi connectivity index (χ2n) is 4.57. The molecule has 2 rings (SSSR count). The molecule has 0 aromatic heterocycles. The van der Waals surface area contributed by atoms with Gasteiger partial charge in [-0.25, -0.2) is 4.39 Å². The Morgan fingerprint density at radius 3 is 2.94 bits per heavy atom. The number of rotatable bonds is 6. The summed E-state index contributed by atoms with van der Waals surface area (Å²) in [7, 11) is 0. The topological polar surface area (TPSA) is 30.5 Å². The van der Waals surface area contributed by atoms with E-state index in [1.165, 1.54) is 12.1 Å². The Kier molecular flexibility index (Phi) is 5.42. The predicted molar refractivity (Wildman–Crippen MR) is 69.3 cm³/mol. The molecule has 1 aliphatic heterocycles. The first-order valence-corrected chi connectivity index (χ1v) is 6.49. The Labute approximate surface area is 107 Å². The van der Waals surface area contributed by atoms with Gasteiger partial charge < -0.3 is 14.8 Å². The quantitative estimate of drug-likeness (QED) is 0.791. The number of ether oxygens (including phenoxy) is 2. The summed E-state index contributed by atoms with van der Waals surface area (Å²) in [5, 5.41) is 3.13. The first-order chi connectivity index (χ1) is 8.84. The van der Waals surface area contributed by atoms with E-state index in [1.807, 2.05) is 6.07 Å². The van der Waals surface area contributed by atoms with Gasteiger partial charge in [-0.15, -0.1) is 0 Å². The average molecular weight is 253 g/mol. The molecule has 0 spiro atoms. The van der Waals surface area contributed by atoms with Crippen LogP contribution in [0, 0.1) is 11.7 Å². The smallest absolute Gasteiger partial charge is 0.125 e. The fourth-order valence-corrected chi connectivity index (χ4v) is 2.03. The molecule has 1 fully saturated rings. The van der Waals surface area contributed by atoms with Crippen LogP contribution in [0.3, 0.4) is 0 Å². The Balaban J connectivity index is 1.55. The molecule has 0 unspecified atom stereocenters. The lowest BCUT2D eigenvalue weighted by molar-refractivity contribution is 0.0231. The van der Waals surface area contributed by atoms with Crippen molar-refractivity contribution in [2.24, 2.45) is 5.92 Å². The molecule has 4 heteroatoms. The lowest BCUT2D eigenvalue weighted by Gasteiger charge is -2.21. The van der Waals surface area contributed by atoms with Gasteiger partial charge in [-0.2, -0.15) is 0 Å². The monoisotopic (exact) mass is 253 g/mol. The molecule has 1 heterocycles. The molecule has 0 radical (unpaired) electrons. The summed E-state index contributed by atoms with van der Waals surface area (Å²) >= 11 is 0. The maximum absolute atomic E-state index is 12.9. The van der Waals surface area contributed by atoms with Crippen LogP contribution in [0.2, 0.25) is 0 Å². The molecule has 3 nitrogen and oxygen atoms in total. The standard InChI is InChI=1S/C14H20FNO2/c15-13-2-1-3-14(10-13)16-6-9-18-11-12-4-7-17-8-5-12/h1-3,10,12,16H,4-9,11H2. The summed E-state index contributed by atoms with van der Waals surface area (Å²) in [5.74, 6) is 0.413. The molecule has 1 N–H and O–H groups in total. The lowest BCUT2D eigenvalue weighted by Crippen LogP contribution is -2.21. The molecule has 1 aromatic carbocycles. The third-order valence-electron chi connectivity index (χ3n) is 3.09. The minimum atomic E-state index is -0.219. The van der Waals surface area contributed by atoms with Crippen molar-refractivity contribution in [2.45, 2.75) is 12.8 Å². The first kappa shape index (κ1) is 13.3. The molecule has 0 atom stereocenters. The molecule has 1 aliphatic rings. The van der Waals surface area contributed by atoms with E-state index in [-0.39, 0.29) is 5.82 Å². The van der Waals surface area contributed by atoms with Crippen LogP contribution in [0.1, 0.15) is 12.8 Å². The average Bonchev–Trinajstić information content (AvgIpc) is 2.40. The zero-order chi connectivity index (χ0) is 12.6. The maximum atomic E-state index is 12.9. The number of halogens is 1. The van der Waals surface area contributed by atoms with Crippen LogP contribution in [0.15, 0.2) is 24.3 Å². The van der Waals surface area contributed by atoms with Gasteiger partial charge in [-0.1, -0.05) is 6.07 Å². The van der Waals surface area contributed by atoms with E-state index in [2.05, 4.69) is 5.32 Å². The molecule has 0 saturated carbocycles. The summed E-state index contributed by atoms with van der Waals surface area (Å²) in [6.07, 6.45) is 2.19. The zero-order valence-corrected chi connectivity index (χ0v) is 10.5. The van der Waals surface area contributed by atoms with E-state index in [9.17, 15) is 4.39 Å². The molecule has 0 amide bonds. The Hall–Kier alpha value is -1.13. The summed E-state index contributed by atoms with van der Waals surface area (Å²) in [6, 6.07) is 6.47. The van der Waals surface area contributed by atoms with Gasteiger partial charge in [-0.05, 0) is 37.0 Å². The van der Waals surface area contributed by atoms with Crippen molar-refractivity contribution in [3.05, 3.63) is 30.1 Å². The van der Waals surface area contributed by atoms with E-state index in [0.717, 1.165) is 38.3 Å². The summed E-state index contributed by atoms with van der Waals surface area (Å²) in [4.78, 5) is 0. The van der Waals surface area contributed by atoms with Gasteiger partial charge >= 0.3 is 0 Å². The highest BCUT2D eigenvalue weighted by atomic mass is 19.1. The van der Waals surface area contributed by atoms with Gasteiger partial charge in [0, 0.05) is 32.1 Å². The first-order valence-electron chi connectivity index (χ1n) is 6.49. The number of nitrogens with one attached hydrogen (secondary N) is 1. The molecule has 100 valence electrons. The highest BCUT2D eigenvalue weighted by molar-refractivity contribution is 5.42. The predicted octanol–water partition coefficient (Wildman–Crippen LogP) is 2.68.